The number of methoxy groups -OCH3 is 1. The predicted octanol–water partition coefficient (Wildman–Crippen LogP) is 1.33. The van der Waals surface area contributed by atoms with Gasteiger partial charge in [-0.2, -0.15) is 0 Å². The maximum absolute atomic E-state index is 11.8. The van der Waals surface area contributed by atoms with E-state index < -0.39 is 12.0 Å². The lowest BCUT2D eigenvalue weighted by Gasteiger charge is -2.17. The van der Waals surface area contributed by atoms with Crippen LogP contribution in [-0.2, 0) is 9.59 Å². The number of anilines is 1. The summed E-state index contributed by atoms with van der Waals surface area (Å²) in [7, 11) is 1.54. The van der Waals surface area contributed by atoms with Crippen molar-refractivity contribution in [1.29, 1.82) is 0 Å². The van der Waals surface area contributed by atoms with E-state index in [2.05, 4.69) is 10.6 Å². The van der Waals surface area contributed by atoms with Crippen LogP contribution >= 0.6 is 0 Å². The van der Waals surface area contributed by atoms with Gasteiger partial charge >= 0.3 is 5.97 Å². The zero-order valence-electron chi connectivity index (χ0n) is 11.8. The quantitative estimate of drug-likeness (QED) is 0.701. The lowest BCUT2D eigenvalue weighted by molar-refractivity contribution is -0.140. The summed E-state index contributed by atoms with van der Waals surface area (Å²) >= 11 is 0. The lowest BCUT2D eigenvalue weighted by Crippen LogP contribution is -2.44. The second-order valence-corrected chi connectivity index (χ2v) is 4.72. The van der Waals surface area contributed by atoms with Crippen LogP contribution in [0.1, 0.15) is 13.8 Å². The second kappa shape index (κ2) is 7.49. The zero-order valence-corrected chi connectivity index (χ0v) is 11.8. The number of hydrogen-bond donors (Lipinski definition) is 3. The van der Waals surface area contributed by atoms with E-state index in [1.807, 2.05) is 0 Å². The number of aliphatic carboxylic acids is 1. The number of amides is 1. The average molecular weight is 280 g/mol. The SMILES string of the molecule is COc1cccc(NC(=O)CNC(C(=O)O)C(C)C)c1. The largest absolute Gasteiger partial charge is 0.497 e. The molecular weight excluding hydrogens is 260 g/mol. The summed E-state index contributed by atoms with van der Waals surface area (Å²) in [5.74, 6) is -0.724. The first-order valence-electron chi connectivity index (χ1n) is 6.34. The minimum absolute atomic E-state index is 0.0631. The fraction of sp³-hybridized carbons (Fsp3) is 0.429. The van der Waals surface area contributed by atoms with Crippen LogP contribution < -0.4 is 15.4 Å². The molecule has 1 unspecified atom stereocenters. The molecule has 20 heavy (non-hydrogen) atoms. The molecule has 1 amide bonds. The molecule has 1 rings (SSSR count). The molecule has 0 spiro atoms. The number of ether oxygens (including phenoxy) is 1. The Morgan fingerprint density at radius 3 is 2.60 bits per heavy atom. The van der Waals surface area contributed by atoms with Crippen LogP contribution in [0, 0.1) is 5.92 Å². The van der Waals surface area contributed by atoms with Crippen molar-refractivity contribution in [3.8, 4) is 5.75 Å². The molecule has 6 heteroatoms. The molecule has 0 radical (unpaired) electrons. The summed E-state index contributed by atoms with van der Waals surface area (Å²) in [5, 5.41) is 14.4. The van der Waals surface area contributed by atoms with Gasteiger partial charge in [0.05, 0.1) is 13.7 Å². The smallest absolute Gasteiger partial charge is 0.320 e. The molecular formula is C14H20N2O4. The van der Waals surface area contributed by atoms with Crippen molar-refractivity contribution < 1.29 is 19.4 Å². The third-order valence-electron chi connectivity index (χ3n) is 2.77. The van der Waals surface area contributed by atoms with Crippen LogP contribution in [0.3, 0.4) is 0 Å². The standard InChI is InChI=1S/C14H20N2O4/c1-9(2)13(14(18)19)15-8-12(17)16-10-5-4-6-11(7-10)20-3/h4-7,9,13,15H,8H2,1-3H3,(H,16,17)(H,18,19). The Morgan fingerprint density at radius 1 is 1.35 bits per heavy atom. The van der Waals surface area contributed by atoms with Gasteiger partial charge in [0, 0.05) is 11.8 Å². The van der Waals surface area contributed by atoms with E-state index in [4.69, 9.17) is 9.84 Å². The number of carboxylic acid groups (broad SMARTS) is 1. The van der Waals surface area contributed by atoms with Crippen LogP contribution in [0.5, 0.6) is 5.75 Å². The van der Waals surface area contributed by atoms with Gasteiger partial charge in [0.2, 0.25) is 5.91 Å². The Balaban J connectivity index is 2.53. The highest BCUT2D eigenvalue weighted by Crippen LogP contribution is 2.16. The monoisotopic (exact) mass is 280 g/mol. The Labute approximate surface area is 118 Å². The van der Waals surface area contributed by atoms with Gasteiger partial charge in [-0.05, 0) is 18.1 Å². The maximum Gasteiger partial charge on any atom is 0.320 e. The maximum atomic E-state index is 11.8. The summed E-state index contributed by atoms with van der Waals surface area (Å²) in [6.45, 7) is 3.50. The van der Waals surface area contributed by atoms with Crippen molar-refractivity contribution in [2.24, 2.45) is 5.92 Å². The minimum Gasteiger partial charge on any atom is -0.497 e. The van der Waals surface area contributed by atoms with Gasteiger partial charge < -0.3 is 15.2 Å². The molecule has 1 aromatic carbocycles. The minimum atomic E-state index is -0.964. The molecule has 0 aliphatic rings. The van der Waals surface area contributed by atoms with Crippen molar-refractivity contribution in [1.82, 2.24) is 5.32 Å². The van der Waals surface area contributed by atoms with E-state index in [1.54, 1.807) is 45.2 Å². The van der Waals surface area contributed by atoms with Gasteiger partial charge in [-0.25, -0.2) is 0 Å². The highest BCUT2D eigenvalue weighted by molar-refractivity contribution is 5.92. The number of nitrogens with one attached hydrogen (secondary N) is 2. The second-order valence-electron chi connectivity index (χ2n) is 4.72. The lowest BCUT2D eigenvalue weighted by atomic mass is 10.1. The number of carbonyl (C=O) groups excluding carboxylic acids is 1. The van der Waals surface area contributed by atoms with Crippen LogP contribution in [0.25, 0.3) is 0 Å². The van der Waals surface area contributed by atoms with Gasteiger partial charge in [0.1, 0.15) is 11.8 Å². The first kappa shape index (κ1) is 16.0. The van der Waals surface area contributed by atoms with Crippen molar-refractivity contribution in [2.75, 3.05) is 19.0 Å². The van der Waals surface area contributed by atoms with Gasteiger partial charge in [-0.1, -0.05) is 19.9 Å². The number of hydrogen-bond acceptors (Lipinski definition) is 4. The van der Waals surface area contributed by atoms with Gasteiger partial charge in [-0.3, -0.25) is 14.9 Å². The van der Waals surface area contributed by atoms with E-state index in [-0.39, 0.29) is 18.4 Å². The summed E-state index contributed by atoms with van der Waals surface area (Å²) in [4.78, 5) is 22.7. The first-order chi connectivity index (χ1) is 9.43. The fourth-order valence-corrected chi connectivity index (χ4v) is 1.72. The van der Waals surface area contributed by atoms with Crippen molar-refractivity contribution >= 4 is 17.6 Å². The third-order valence-corrected chi connectivity index (χ3v) is 2.77. The summed E-state index contributed by atoms with van der Waals surface area (Å²) in [5.41, 5.74) is 0.604. The summed E-state index contributed by atoms with van der Waals surface area (Å²) in [6.07, 6.45) is 0. The molecule has 0 aliphatic carbocycles. The molecule has 0 aromatic heterocycles. The van der Waals surface area contributed by atoms with Crippen LogP contribution in [-0.4, -0.2) is 36.7 Å². The molecule has 0 bridgehead atoms. The molecule has 0 aliphatic heterocycles. The Bertz CT molecular complexity index is 474. The molecule has 0 heterocycles. The van der Waals surface area contributed by atoms with Crippen molar-refractivity contribution in [3.63, 3.8) is 0 Å². The number of carbonyl (C=O) groups is 2. The highest BCUT2D eigenvalue weighted by atomic mass is 16.5. The van der Waals surface area contributed by atoms with Gasteiger partial charge in [0.15, 0.2) is 0 Å². The van der Waals surface area contributed by atoms with Crippen LogP contribution in [0.15, 0.2) is 24.3 Å². The van der Waals surface area contributed by atoms with E-state index >= 15 is 0 Å². The predicted molar refractivity (Wildman–Crippen MR) is 75.9 cm³/mol. The van der Waals surface area contributed by atoms with Gasteiger partial charge in [0.25, 0.3) is 0 Å². The Kier molecular flexibility index (Phi) is 5.99. The molecule has 1 atom stereocenters. The Hall–Kier alpha value is -2.08. The average Bonchev–Trinajstić information content (AvgIpc) is 2.38. The molecule has 0 fully saturated rings. The van der Waals surface area contributed by atoms with Crippen molar-refractivity contribution in [2.45, 2.75) is 19.9 Å². The third kappa shape index (κ3) is 4.89. The van der Waals surface area contributed by atoms with E-state index in [0.717, 1.165) is 0 Å². The van der Waals surface area contributed by atoms with Crippen molar-refractivity contribution in [3.05, 3.63) is 24.3 Å². The highest BCUT2D eigenvalue weighted by Gasteiger charge is 2.21. The van der Waals surface area contributed by atoms with Crippen LogP contribution in [0.4, 0.5) is 5.69 Å². The molecule has 6 nitrogen and oxygen atoms in total. The summed E-state index contributed by atoms with van der Waals surface area (Å²) in [6, 6.07) is 6.21. The first-order valence-corrected chi connectivity index (χ1v) is 6.34. The van der Waals surface area contributed by atoms with E-state index in [0.29, 0.717) is 11.4 Å². The van der Waals surface area contributed by atoms with Crippen LogP contribution in [0.2, 0.25) is 0 Å². The number of rotatable bonds is 7. The molecule has 0 saturated carbocycles. The fourth-order valence-electron chi connectivity index (χ4n) is 1.72. The Morgan fingerprint density at radius 2 is 2.05 bits per heavy atom. The molecule has 110 valence electrons. The zero-order chi connectivity index (χ0) is 15.1. The van der Waals surface area contributed by atoms with E-state index in [1.165, 1.54) is 0 Å². The molecule has 3 N–H and O–H groups in total. The van der Waals surface area contributed by atoms with Gasteiger partial charge in [-0.15, -0.1) is 0 Å². The summed E-state index contributed by atoms with van der Waals surface area (Å²) < 4.78 is 5.05. The number of carboxylic acids is 1. The normalized spacial score (nSPS) is 12.0. The number of benzene rings is 1. The molecule has 1 aromatic rings. The van der Waals surface area contributed by atoms with E-state index in [9.17, 15) is 9.59 Å². The molecule has 0 saturated heterocycles. The topological polar surface area (TPSA) is 87.7 Å².